The summed E-state index contributed by atoms with van der Waals surface area (Å²) in [6, 6.07) is 10.3. The second-order valence-corrected chi connectivity index (χ2v) is 11.0. The van der Waals surface area contributed by atoms with Crippen molar-refractivity contribution in [1.82, 2.24) is 30.3 Å². The van der Waals surface area contributed by atoms with E-state index in [1.165, 1.54) is 0 Å². The summed E-state index contributed by atoms with van der Waals surface area (Å²) in [5.41, 5.74) is 1.11. The van der Waals surface area contributed by atoms with Gasteiger partial charge >= 0.3 is 0 Å². The van der Waals surface area contributed by atoms with Gasteiger partial charge in [-0.1, -0.05) is 12.1 Å². The SMILES string of the molecule is O=C(CN1CCC(N2CCN(c3ccccn3)CC2)C1)NCc1ccc2c(c1)C(=O)N(C1CCC(=O)NC1=O)C2=O. The van der Waals surface area contributed by atoms with E-state index in [4.69, 9.17) is 0 Å². The average Bonchev–Trinajstić information content (AvgIpc) is 3.54. The van der Waals surface area contributed by atoms with Gasteiger partial charge in [-0.05, 0) is 42.7 Å². The molecule has 12 heteroatoms. The van der Waals surface area contributed by atoms with Crippen LogP contribution in [-0.4, -0.2) is 107 Å². The van der Waals surface area contributed by atoms with Crippen molar-refractivity contribution < 1.29 is 24.0 Å². The number of hydrogen-bond donors (Lipinski definition) is 2. The molecule has 0 aliphatic carbocycles. The maximum atomic E-state index is 13.0. The number of anilines is 1. The number of hydrogen-bond acceptors (Lipinski definition) is 9. The Labute approximate surface area is 237 Å². The van der Waals surface area contributed by atoms with Crippen LogP contribution in [0.25, 0.3) is 0 Å². The predicted molar refractivity (Wildman–Crippen MR) is 148 cm³/mol. The first kappa shape index (κ1) is 27.0. The van der Waals surface area contributed by atoms with Crippen molar-refractivity contribution in [3.63, 3.8) is 0 Å². The van der Waals surface area contributed by atoms with Gasteiger partial charge in [0.2, 0.25) is 17.7 Å². The molecule has 2 atom stereocenters. The minimum Gasteiger partial charge on any atom is -0.354 e. The lowest BCUT2D eigenvalue weighted by Crippen LogP contribution is -2.54. The van der Waals surface area contributed by atoms with Gasteiger partial charge in [-0.25, -0.2) is 4.98 Å². The zero-order valence-electron chi connectivity index (χ0n) is 22.8. The Bertz CT molecular complexity index is 1370. The number of piperazine rings is 1. The number of carbonyl (C=O) groups is 5. The van der Waals surface area contributed by atoms with E-state index in [9.17, 15) is 24.0 Å². The molecule has 4 aliphatic rings. The molecule has 214 valence electrons. The summed E-state index contributed by atoms with van der Waals surface area (Å²) in [7, 11) is 0. The van der Waals surface area contributed by atoms with E-state index < -0.39 is 29.7 Å². The monoisotopic (exact) mass is 559 g/mol. The molecule has 1 aromatic heterocycles. The molecule has 0 spiro atoms. The molecule has 4 aliphatic heterocycles. The van der Waals surface area contributed by atoms with Crippen LogP contribution in [0.4, 0.5) is 5.82 Å². The minimum atomic E-state index is -1.00. The maximum absolute atomic E-state index is 13.0. The van der Waals surface area contributed by atoms with Crippen LogP contribution in [0.2, 0.25) is 0 Å². The van der Waals surface area contributed by atoms with Gasteiger partial charge in [-0.15, -0.1) is 0 Å². The number of imide groups is 2. The summed E-state index contributed by atoms with van der Waals surface area (Å²) < 4.78 is 0. The van der Waals surface area contributed by atoms with E-state index >= 15 is 0 Å². The van der Waals surface area contributed by atoms with Crippen molar-refractivity contribution in [1.29, 1.82) is 0 Å². The summed E-state index contributed by atoms with van der Waals surface area (Å²) in [6.45, 7) is 6.06. The van der Waals surface area contributed by atoms with Crippen molar-refractivity contribution >= 4 is 35.4 Å². The topological polar surface area (TPSA) is 135 Å². The molecule has 5 amide bonds. The number of likely N-dealkylation sites (tertiary alicyclic amines) is 1. The Morgan fingerprint density at radius 2 is 1.76 bits per heavy atom. The van der Waals surface area contributed by atoms with E-state index in [1.54, 1.807) is 18.2 Å². The lowest BCUT2D eigenvalue weighted by Gasteiger charge is -2.38. The highest BCUT2D eigenvalue weighted by Crippen LogP contribution is 2.28. The third-order valence-electron chi connectivity index (χ3n) is 8.41. The van der Waals surface area contributed by atoms with Crippen molar-refractivity contribution in [3.05, 3.63) is 59.3 Å². The summed E-state index contributed by atoms with van der Waals surface area (Å²) in [5.74, 6) is -1.24. The molecule has 3 saturated heterocycles. The van der Waals surface area contributed by atoms with Crippen molar-refractivity contribution in [3.8, 4) is 0 Å². The van der Waals surface area contributed by atoms with Gasteiger partial charge in [0.25, 0.3) is 11.8 Å². The molecule has 12 nitrogen and oxygen atoms in total. The molecule has 0 bridgehead atoms. The first-order valence-electron chi connectivity index (χ1n) is 14.1. The smallest absolute Gasteiger partial charge is 0.262 e. The number of nitrogens with one attached hydrogen (secondary N) is 2. The number of fused-ring (bicyclic) bond motifs is 1. The minimum absolute atomic E-state index is 0.0709. The summed E-state index contributed by atoms with van der Waals surface area (Å²) >= 11 is 0. The molecule has 2 unspecified atom stereocenters. The average molecular weight is 560 g/mol. The van der Waals surface area contributed by atoms with E-state index in [-0.39, 0.29) is 36.4 Å². The van der Waals surface area contributed by atoms with E-state index in [1.807, 2.05) is 24.4 Å². The lowest BCUT2D eigenvalue weighted by atomic mass is 10.0. The second-order valence-electron chi connectivity index (χ2n) is 11.0. The van der Waals surface area contributed by atoms with Crippen LogP contribution in [0.1, 0.15) is 45.5 Å². The van der Waals surface area contributed by atoms with E-state index in [0.717, 1.165) is 56.4 Å². The third-order valence-corrected chi connectivity index (χ3v) is 8.41. The van der Waals surface area contributed by atoms with E-state index in [2.05, 4.69) is 30.3 Å². The number of rotatable bonds is 7. The Morgan fingerprint density at radius 1 is 0.951 bits per heavy atom. The van der Waals surface area contributed by atoms with Gasteiger partial charge in [0.05, 0.1) is 17.7 Å². The molecule has 5 heterocycles. The standard InChI is InChI=1S/C29H33N7O5/c37-25-7-6-23(27(39)32-25)36-28(40)21-5-4-19(15-22(21)29(36)41)16-31-26(38)18-33-10-8-20(17-33)34-11-13-35(14-12-34)24-3-1-2-9-30-24/h1-5,9,15,20,23H,6-8,10-14,16-18H2,(H,31,38)(H,32,37,39). The molecule has 1 aromatic carbocycles. The number of amides is 5. The van der Waals surface area contributed by atoms with Crippen LogP contribution in [0.5, 0.6) is 0 Å². The van der Waals surface area contributed by atoms with Crippen LogP contribution in [0.3, 0.4) is 0 Å². The van der Waals surface area contributed by atoms with Crippen molar-refractivity contribution in [2.45, 2.75) is 37.9 Å². The Kier molecular flexibility index (Phi) is 7.50. The quantitative estimate of drug-likeness (QED) is 0.449. The fraction of sp³-hybridized carbons (Fsp3) is 0.448. The van der Waals surface area contributed by atoms with Crippen LogP contribution in [0.15, 0.2) is 42.6 Å². The molecule has 3 fully saturated rings. The van der Waals surface area contributed by atoms with Gasteiger partial charge in [-0.3, -0.25) is 44.0 Å². The molecule has 2 N–H and O–H groups in total. The fourth-order valence-electron chi connectivity index (χ4n) is 6.20. The Morgan fingerprint density at radius 3 is 2.51 bits per heavy atom. The fourth-order valence-corrected chi connectivity index (χ4v) is 6.20. The second kappa shape index (κ2) is 11.4. The lowest BCUT2D eigenvalue weighted by molar-refractivity contribution is -0.136. The van der Waals surface area contributed by atoms with Crippen molar-refractivity contribution in [2.75, 3.05) is 50.7 Å². The Balaban J connectivity index is 0.976. The first-order valence-corrected chi connectivity index (χ1v) is 14.1. The predicted octanol–water partition coefficient (Wildman–Crippen LogP) is -0.00450. The van der Waals surface area contributed by atoms with Crippen LogP contribution >= 0.6 is 0 Å². The van der Waals surface area contributed by atoms with Crippen LogP contribution in [0, 0.1) is 0 Å². The highest BCUT2D eigenvalue weighted by molar-refractivity contribution is 6.23. The summed E-state index contributed by atoms with van der Waals surface area (Å²) in [6.07, 6.45) is 3.03. The highest BCUT2D eigenvalue weighted by Gasteiger charge is 2.44. The zero-order valence-corrected chi connectivity index (χ0v) is 22.8. The van der Waals surface area contributed by atoms with Gasteiger partial charge in [0.15, 0.2) is 0 Å². The molecule has 6 rings (SSSR count). The molecule has 0 radical (unpaired) electrons. The summed E-state index contributed by atoms with van der Waals surface area (Å²) in [5, 5.41) is 5.12. The van der Waals surface area contributed by atoms with Gasteiger partial charge in [0, 0.05) is 64.5 Å². The van der Waals surface area contributed by atoms with Gasteiger partial charge in [0.1, 0.15) is 11.9 Å². The first-order chi connectivity index (χ1) is 19.9. The largest absolute Gasteiger partial charge is 0.354 e. The molecular formula is C29H33N7O5. The van der Waals surface area contributed by atoms with Crippen molar-refractivity contribution in [2.24, 2.45) is 0 Å². The molecule has 41 heavy (non-hydrogen) atoms. The maximum Gasteiger partial charge on any atom is 0.262 e. The third kappa shape index (κ3) is 5.57. The number of benzene rings is 1. The van der Waals surface area contributed by atoms with Crippen LogP contribution in [-0.2, 0) is 20.9 Å². The normalized spacial score (nSPS) is 23.6. The van der Waals surface area contributed by atoms with Gasteiger partial charge < -0.3 is 10.2 Å². The summed E-state index contributed by atoms with van der Waals surface area (Å²) in [4.78, 5) is 74.8. The van der Waals surface area contributed by atoms with E-state index in [0.29, 0.717) is 18.2 Å². The molecule has 2 aromatic rings. The number of aromatic nitrogens is 1. The number of carbonyl (C=O) groups excluding carboxylic acids is 5. The molecular weight excluding hydrogens is 526 g/mol. The van der Waals surface area contributed by atoms with Crippen LogP contribution < -0.4 is 15.5 Å². The highest BCUT2D eigenvalue weighted by atomic mass is 16.2. The zero-order chi connectivity index (χ0) is 28.5. The van der Waals surface area contributed by atoms with Gasteiger partial charge in [-0.2, -0.15) is 0 Å². The Hall–Kier alpha value is -4.16. The number of piperidine rings is 1. The molecule has 0 saturated carbocycles. The number of nitrogens with zero attached hydrogens (tertiary/aromatic N) is 5. The number of pyridine rings is 1.